The van der Waals surface area contributed by atoms with Crippen molar-refractivity contribution in [1.29, 1.82) is 0 Å². The molecule has 0 spiro atoms. The van der Waals surface area contributed by atoms with Gasteiger partial charge >= 0.3 is 0 Å². The third-order valence-corrected chi connectivity index (χ3v) is 10.2. The Bertz CT molecular complexity index is 3140. The Labute approximate surface area is 298 Å². The maximum atomic E-state index is 6.54. The quantitative estimate of drug-likeness (QED) is 0.176. The molecule has 0 amide bonds. The van der Waals surface area contributed by atoms with Crippen molar-refractivity contribution in [3.05, 3.63) is 170 Å². The molecule has 242 valence electrons. The average Bonchev–Trinajstić information content (AvgIpc) is 3.78. The Morgan fingerprint density at radius 1 is 0.385 bits per heavy atom. The standard InChI is InChI=1S/C47H28N4O/c1-2-14-29(15-3-1)45-48-46(30-26-27-32-31-16-4-5-19-35(31)44-43(38(32)28-30)37-21-9-13-25-42(37)52-44)50-47(49-45)36-20-8-12-24-41(36)51-39-22-10-6-17-33(39)34-18-7-11-23-40(34)51/h1-28H. The lowest BCUT2D eigenvalue weighted by molar-refractivity contribution is 0.673. The van der Waals surface area contributed by atoms with Crippen LogP contribution in [0.25, 0.3) is 105 Å². The fraction of sp³-hybridized carbons (Fsp3) is 0. The summed E-state index contributed by atoms with van der Waals surface area (Å²) in [4.78, 5) is 15.6. The molecule has 3 heterocycles. The lowest BCUT2D eigenvalue weighted by Gasteiger charge is -2.15. The van der Waals surface area contributed by atoms with Crippen LogP contribution in [0, 0.1) is 0 Å². The normalized spacial score (nSPS) is 11.8. The molecule has 11 aromatic rings. The zero-order valence-corrected chi connectivity index (χ0v) is 27.9. The second-order valence-corrected chi connectivity index (χ2v) is 13.2. The van der Waals surface area contributed by atoms with E-state index in [1.807, 2.05) is 30.3 Å². The zero-order valence-electron chi connectivity index (χ0n) is 27.9. The zero-order chi connectivity index (χ0) is 34.2. The van der Waals surface area contributed by atoms with Crippen LogP contribution in [-0.4, -0.2) is 19.5 Å². The SMILES string of the molecule is c1ccc(-c2nc(-c3ccc4c5ccccc5c5oc6ccccc6c5c4c3)nc(-c3ccccc3-n3c4ccccc4c4ccccc43)n2)cc1. The highest BCUT2D eigenvalue weighted by Crippen LogP contribution is 2.42. The molecular formula is C47H28N4O. The lowest BCUT2D eigenvalue weighted by atomic mass is 9.95. The van der Waals surface area contributed by atoms with E-state index < -0.39 is 0 Å². The van der Waals surface area contributed by atoms with Gasteiger partial charge in [0, 0.05) is 43.6 Å². The van der Waals surface area contributed by atoms with E-state index in [1.165, 1.54) is 10.8 Å². The molecule has 5 nitrogen and oxygen atoms in total. The van der Waals surface area contributed by atoms with Gasteiger partial charge < -0.3 is 8.98 Å². The van der Waals surface area contributed by atoms with Crippen LogP contribution in [0.15, 0.2) is 174 Å². The first-order valence-electron chi connectivity index (χ1n) is 17.5. The molecule has 8 aromatic carbocycles. The van der Waals surface area contributed by atoms with Gasteiger partial charge in [0.2, 0.25) is 0 Å². The van der Waals surface area contributed by atoms with Gasteiger partial charge in [0.25, 0.3) is 0 Å². The molecule has 52 heavy (non-hydrogen) atoms. The molecule has 0 radical (unpaired) electrons. The minimum atomic E-state index is 0.608. The summed E-state index contributed by atoms with van der Waals surface area (Å²) in [5, 5.41) is 9.11. The fourth-order valence-electron chi connectivity index (χ4n) is 7.93. The second kappa shape index (κ2) is 11.2. The molecule has 5 heteroatoms. The molecule has 0 aliphatic rings. The van der Waals surface area contributed by atoms with Crippen LogP contribution in [0.2, 0.25) is 0 Å². The van der Waals surface area contributed by atoms with Gasteiger partial charge in [0.1, 0.15) is 11.2 Å². The van der Waals surface area contributed by atoms with Crippen LogP contribution in [0.5, 0.6) is 0 Å². The molecule has 11 rings (SSSR count). The molecule has 0 aliphatic heterocycles. The highest BCUT2D eigenvalue weighted by atomic mass is 16.3. The predicted molar refractivity (Wildman–Crippen MR) is 213 cm³/mol. The minimum Gasteiger partial charge on any atom is -0.455 e. The van der Waals surface area contributed by atoms with Gasteiger partial charge in [-0.25, -0.2) is 15.0 Å². The van der Waals surface area contributed by atoms with Gasteiger partial charge in [-0.05, 0) is 52.6 Å². The molecule has 0 atom stereocenters. The number of aromatic nitrogens is 4. The second-order valence-electron chi connectivity index (χ2n) is 13.2. The Kier molecular flexibility index (Phi) is 6.18. The van der Waals surface area contributed by atoms with E-state index >= 15 is 0 Å². The van der Waals surface area contributed by atoms with Crippen molar-refractivity contribution < 1.29 is 4.42 Å². The predicted octanol–water partition coefficient (Wildman–Crippen LogP) is 12.2. The minimum absolute atomic E-state index is 0.608. The summed E-state index contributed by atoms with van der Waals surface area (Å²) in [6, 6.07) is 59.0. The number of rotatable bonds is 4. The van der Waals surface area contributed by atoms with Crippen molar-refractivity contribution in [2.24, 2.45) is 0 Å². The van der Waals surface area contributed by atoms with Gasteiger partial charge in [-0.3, -0.25) is 0 Å². The molecule has 0 N–H and O–H groups in total. The van der Waals surface area contributed by atoms with E-state index in [-0.39, 0.29) is 0 Å². The molecule has 0 bridgehead atoms. The molecule has 0 aliphatic carbocycles. The Hall–Kier alpha value is -7.11. The fourth-order valence-corrected chi connectivity index (χ4v) is 7.93. The van der Waals surface area contributed by atoms with Crippen molar-refractivity contribution in [2.75, 3.05) is 0 Å². The molecule has 0 unspecified atom stereocenters. The maximum Gasteiger partial charge on any atom is 0.166 e. The number of nitrogens with zero attached hydrogens (tertiary/aromatic N) is 4. The monoisotopic (exact) mass is 664 g/mol. The van der Waals surface area contributed by atoms with Crippen molar-refractivity contribution in [1.82, 2.24) is 19.5 Å². The van der Waals surface area contributed by atoms with E-state index in [1.54, 1.807) is 0 Å². The van der Waals surface area contributed by atoms with Crippen LogP contribution >= 0.6 is 0 Å². The lowest BCUT2D eigenvalue weighted by Crippen LogP contribution is -2.03. The first kappa shape index (κ1) is 28.7. The molecular weight excluding hydrogens is 637 g/mol. The van der Waals surface area contributed by atoms with Crippen LogP contribution in [0.1, 0.15) is 0 Å². The molecule has 0 saturated carbocycles. The topological polar surface area (TPSA) is 56.7 Å². The van der Waals surface area contributed by atoms with Gasteiger partial charge in [0.15, 0.2) is 17.5 Å². The number of hydrogen-bond acceptors (Lipinski definition) is 4. The number of fused-ring (bicyclic) bond motifs is 11. The van der Waals surface area contributed by atoms with Crippen LogP contribution in [0.3, 0.4) is 0 Å². The third kappa shape index (κ3) is 4.26. The highest BCUT2D eigenvalue weighted by Gasteiger charge is 2.20. The molecule has 0 saturated heterocycles. The van der Waals surface area contributed by atoms with Gasteiger partial charge in [-0.15, -0.1) is 0 Å². The van der Waals surface area contributed by atoms with Crippen molar-refractivity contribution in [2.45, 2.75) is 0 Å². The summed E-state index contributed by atoms with van der Waals surface area (Å²) in [5.41, 5.74) is 7.79. The number of furan rings is 1. The largest absolute Gasteiger partial charge is 0.455 e. The molecule has 3 aromatic heterocycles. The van der Waals surface area contributed by atoms with Gasteiger partial charge in [-0.2, -0.15) is 0 Å². The smallest absolute Gasteiger partial charge is 0.166 e. The van der Waals surface area contributed by atoms with Crippen LogP contribution < -0.4 is 0 Å². The number of hydrogen-bond donors (Lipinski definition) is 0. The summed E-state index contributed by atoms with van der Waals surface area (Å²) in [7, 11) is 0. The van der Waals surface area contributed by atoms with E-state index in [4.69, 9.17) is 19.4 Å². The highest BCUT2D eigenvalue weighted by molar-refractivity contribution is 6.30. The first-order valence-corrected chi connectivity index (χ1v) is 17.5. The molecule has 0 fully saturated rings. The van der Waals surface area contributed by atoms with E-state index in [0.29, 0.717) is 17.5 Å². The van der Waals surface area contributed by atoms with Crippen molar-refractivity contribution in [3.63, 3.8) is 0 Å². The summed E-state index contributed by atoms with van der Waals surface area (Å²) in [5.74, 6) is 1.84. The van der Waals surface area contributed by atoms with Crippen molar-refractivity contribution >= 4 is 65.3 Å². The summed E-state index contributed by atoms with van der Waals surface area (Å²) in [6.45, 7) is 0. The summed E-state index contributed by atoms with van der Waals surface area (Å²) in [6.07, 6.45) is 0. The number of benzene rings is 8. The van der Waals surface area contributed by atoms with Gasteiger partial charge in [-0.1, -0.05) is 133 Å². The van der Waals surface area contributed by atoms with Crippen molar-refractivity contribution in [3.8, 4) is 39.9 Å². The van der Waals surface area contributed by atoms with E-state index in [2.05, 4.69) is 144 Å². The third-order valence-electron chi connectivity index (χ3n) is 10.2. The number of para-hydroxylation sites is 4. The first-order chi connectivity index (χ1) is 25.8. The summed E-state index contributed by atoms with van der Waals surface area (Å²) < 4.78 is 8.87. The Morgan fingerprint density at radius 3 is 1.71 bits per heavy atom. The van der Waals surface area contributed by atoms with Crippen LogP contribution in [-0.2, 0) is 0 Å². The van der Waals surface area contributed by atoms with Gasteiger partial charge in [0.05, 0.1) is 16.7 Å². The Morgan fingerprint density at radius 2 is 0.942 bits per heavy atom. The van der Waals surface area contributed by atoms with E-state index in [9.17, 15) is 0 Å². The van der Waals surface area contributed by atoms with Crippen LogP contribution in [0.4, 0.5) is 0 Å². The average molecular weight is 665 g/mol. The van der Waals surface area contributed by atoms with E-state index in [0.717, 1.165) is 76.9 Å². The summed E-state index contributed by atoms with van der Waals surface area (Å²) >= 11 is 0. The maximum absolute atomic E-state index is 6.54. The Balaban J connectivity index is 1.19.